The van der Waals surface area contributed by atoms with Crippen LogP contribution in [0.4, 0.5) is 38.1 Å². The summed E-state index contributed by atoms with van der Waals surface area (Å²) in [5, 5.41) is 9.84. The van der Waals surface area contributed by atoms with E-state index in [4.69, 9.17) is 9.90 Å². The Bertz CT molecular complexity index is 1150. The average Bonchev–Trinajstić information content (AvgIpc) is 3.22. The van der Waals surface area contributed by atoms with Crippen molar-refractivity contribution in [3.63, 3.8) is 0 Å². The van der Waals surface area contributed by atoms with Crippen molar-refractivity contribution >= 4 is 29.3 Å². The van der Waals surface area contributed by atoms with E-state index in [2.05, 4.69) is 5.32 Å². The number of anilines is 2. The molecule has 4 rings (SSSR count). The maximum absolute atomic E-state index is 13.7. The van der Waals surface area contributed by atoms with Crippen molar-refractivity contribution in [3.8, 4) is 0 Å². The summed E-state index contributed by atoms with van der Waals surface area (Å²) in [6.07, 6.45) is -4.40. The molecule has 2 aromatic carbocycles. The Morgan fingerprint density at radius 2 is 1.64 bits per heavy atom. The third kappa shape index (κ3) is 6.27. The SMILES string of the molecule is CN1CC(=O)N(c2cccc(F)c2)CC12CCN(C(=O)Nc1cccc(F)c1)C2.O=C(O)C(F)(F)F. The monoisotopic (exact) mass is 514 g/mol. The number of nitrogens with one attached hydrogen (secondary N) is 1. The van der Waals surface area contributed by atoms with Gasteiger partial charge in [-0.25, -0.2) is 18.4 Å². The van der Waals surface area contributed by atoms with Crippen LogP contribution in [-0.2, 0) is 9.59 Å². The van der Waals surface area contributed by atoms with Gasteiger partial charge in [0.1, 0.15) is 11.6 Å². The lowest BCUT2D eigenvalue weighted by Crippen LogP contribution is -2.64. The topological polar surface area (TPSA) is 93.2 Å². The zero-order valence-corrected chi connectivity index (χ0v) is 19.1. The van der Waals surface area contributed by atoms with E-state index in [1.165, 1.54) is 30.3 Å². The molecule has 2 saturated heterocycles. The number of piperazine rings is 1. The number of likely N-dealkylation sites (N-methyl/N-ethyl adjacent to an activating group) is 1. The van der Waals surface area contributed by atoms with Crippen LogP contribution in [0.5, 0.6) is 0 Å². The van der Waals surface area contributed by atoms with Crippen LogP contribution in [0.2, 0.25) is 0 Å². The molecule has 8 nitrogen and oxygen atoms in total. The summed E-state index contributed by atoms with van der Waals surface area (Å²) < 4.78 is 58.8. The van der Waals surface area contributed by atoms with E-state index in [9.17, 15) is 31.5 Å². The molecule has 0 radical (unpaired) electrons. The van der Waals surface area contributed by atoms with Crippen molar-refractivity contribution in [2.24, 2.45) is 0 Å². The number of hydrogen-bond donors (Lipinski definition) is 2. The number of carboxylic acids is 1. The van der Waals surface area contributed by atoms with Crippen molar-refractivity contribution in [1.82, 2.24) is 9.80 Å². The van der Waals surface area contributed by atoms with Gasteiger partial charge in [-0.2, -0.15) is 13.2 Å². The third-order valence-corrected chi connectivity index (χ3v) is 5.99. The van der Waals surface area contributed by atoms with Gasteiger partial charge < -0.3 is 20.2 Å². The summed E-state index contributed by atoms with van der Waals surface area (Å²) >= 11 is 0. The molecule has 2 aliphatic rings. The Kier molecular flexibility index (Phi) is 7.82. The second kappa shape index (κ2) is 10.5. The minimum Gasteiger partial charge on any atom is -0.475 e. The summed E-state index contributed by atoms with van der Waals surface area (Å²) in [7, 11) is 1.87. The quantitative estimate of drug-likeness (QED) is 0.598. The number of hydrogen-bond acceptors (Lipinski definition) is 4. The first-order valence-corrected chi connectivity index (χ1v) is 10.7. The molecule has 1 atom stereocenters. The second-order valence-electron chi connectivity index (χ2n) is 8.46. The van der Waals surface area contributed by atoms with Gasteiger partial charge in [0.15, 0.2) is 0 Å². The van der Waals surface area contributed by atoms with Crippen LogP contribution in [-0.4, -0.2) is 77.8 Å². The molecule has 3 amide bonds. The Balaban J connectivity index is 0.000000454. The Morgan fingerprint density at radius 1 is 1.03 bits per heavy atom. The zero-order chi connectivity index (χ0) is 26.7. The smallest absolute Gasteiger partial charge is 0.475 e. The van der Waals surface area contributed by atoms with Crippen LogP contribution in [0.15, 0.2) is 48.5 Å². The zero-order valence-electron chi connectivity index (χ0n) is 19.1. The number of halogens is 5. The lowest BCUT2D eigenvalue weighted by atomic mass is 9.92. The second-order valence-corrected chi connectivity index (χ2v) is 8.46. The van der Waals surface area contributed by atoms with Gasteiger partial charge in [-0.15, -0.1) is 0 Å². The van der Waals surface area contributed by atoms with E-state index in [0.29, 0.717) is 37.4 Å². The molecule has 0 aromatic heterocycles. The molecule has 36 heavy (non-hydrogen) atoms. The number of carbonyl (C=O) groups is 3. The fourth-order valence-electron chi connectivity index (χ4n) is 4.08. The Morgan fingerprint density at radius 3 is 2.22 bits per heavy atom. The van der Waals surface area contributed by atoms with Gasteiger partial charge in [0.05, 0.1) is 12.1 Å². The molecule has 0 aliphatic carbocycles. The number of nitrogens with zero attached hydrogens (tertiary/aromatic N) is 3. The maximum atomic E-state index is 13.7. The number of amides is 3. The standard InChI is InChI=1S/C21H22F2N4O2.C2HF3O2/c1-25-12-19(28)27(18-7-3-5-16(23)11-18)14-21(25)8-9-26(13-21)20(29)24-17-6-2-4-15(22)10-17;3-2(4,5)1(6)7/h2-7,10-11H,8-9,12-14H2,1H3,(H,24,29);(H,6,7). The molecule has 0 bridgehead atoms. The highest BCUT2D eigenvalue weighted by atomic mass is 19.4. The van der Waals surface area contributed by atoms with Crippen LogP contribution >= 0.6 is 0 Å². The summed E-state index contributed by atoms with van der Waals surface area (Å²) in [6, 6.07) is 11.4. The van der Waals surface area contributed by atoms with Crippen LogP contribution in [0.1, 0.15) is 6.42 Å². The highest BCUT2D eigenvalue weighted by Crippen LogP contribution is 2.34. The lowest BCUT2D eigenvalue weighted by Gasteiger charge is -2.46. The van der Waals surface area contributed by atoms with Gasteiger partial charge in [0, 0.05) is 31.0 Å². The van der Waals surface area contributed by atoms with Crippen molar-refractivity contribution < 1.29 is 41.4 Å². The van der Waals surface area contributed by atoms with Crippen molar-refractivity contribution in [1.29, 1.82) is 0 Å². The van der Waals surface area contributed by atoms with Crippen molar-refractivity contribution in [3.05, 3.63) is 60.2 Å². The van der Waals surface area contributed by atoms with Crippen molar-refractivity contribution in [2.75, 3.05) is 43.4 Å². The van der Waals surface area contributed by atoms with Gasteiger partial charge in [-0.3, -0.25) is 9.69 Å². The van der Waals surface area contributed by atoms with E-state index >= 15 is 0 Å². The fourth-order valence-corrected chi connectivity index (χ4v) is 4.08. The van der Waals surface area contributed by atoms with Crippen LogP contribution < -0.4 is 10.2 Å². The number of carbonyl (C=O) groups excluding carboxylic acids is 2. The molecule has 2 N–H and O–H groups in total. The number of benzene rings is 2. The largest absolute Gasteiger partial charge is 0.490 e. The summed E-state index contributed by atoms with van der Waals surface area (Å²) in [4.78, 5) is 39.4. The van der Waals surface area contributed by atoms with E-state index < -0.39 is 29.3 Å². The maximum Gasteiger partial charge on any atom is 0.490 e. The van der Waals surface area contributed by atoms with Gasteiger partial charge in [-0.1, -0.05) is 12.1 Å². The Hall–Kier alpha value is -3.74. The number of aliphatic carboxylic acids is 1. The highest BCUT2D eigenvalue weighted by Gasteiger charge is 2.48. The van der Waals surface area contributed by atoms with Crippen LogP contribution in [0, 0.1) is 11.6 Å². The molecule has 1 unspecified atom stereocenters. The van der Waals surface area contributed by atoms with Crippen molar-refractivity contribution in [2.45, 2.75) is 18.1 Å². The number of rotatable bonds is 2. The molecule has 194 valence electrons. The first-order chi connectivity index (χ1) is 16.8. The summed E-state index contributed by atoms with van der Waals surface area (Å²) in [6.45, 7) is 1.49. The Labute approximate surface area is 202 Å². The first kappa shape index (κ1) is 26.9. The number of carboxylic acid groups (broad SMARTS) is 1. The first-order valence-electron chi connectivity index (χ1n) is 10.7. The molecular formula is C23H23F5N4O4. The van der Waals surface area contributed by atoms with E-state index in [0.717, 1.165) is 0 Å². The minimum atomic E-state index is -5.08. The van der Waals surface area contributed by atoms with Gasteiger partial charge in [0.25, 0.3) is 0 Å². The average molecular weight is 514 g/mol. The minimum absolute atomic E-state index is 0.105. The number of alkyl halides is 3. The summed E-state index contributed by atoms with van der Waals surface area (Å²) in [5.41, 5.74) is 0.495. The molecular weight excluding hydrogens is 491 g/mol. The van der Waals surface area contributed by atoms with E-state index in [-0.39, 0.29) is 18.5 Å². The van der Waals surface area contributed by atoms with E-state index in [1.54, 1.807) is 28.0 Å². The van der Waals surface area contributed by atoms with E-state index in [1.807, 2.05) is 11.9 Å². The lowest BCUT2D eigenvalue weighted by molar-refractivity contribution is -0.192. The molecule has 2 aliphatic heterocycles. The van der Waals surface area contributed by atoms with Gasteiger partial charge >= 0.3 is 18.2 Å². The predicted molar refractivity (Wildman–Crippen MR) is 119 cm³/mol. The van der Waals surface area contributed by atoms with Gasteiger partial charge in [0.2, 0.25) is 5.91 Å². The molecule has 13 heteroatoms. The molecule has 2 heterocycles. The summed E-state index contributed by atoms with van der Waals surface area (Å²) in [5.74, 6) is -3.68. The molecule has 1 spiro atoms. The number of likely N-dealkylation sites (tertiary alicyclic amines) is 1. The predicted octanol–water partition coefficient (Wildman–Crippen LogP) is 3.55. The molecule has 0 saturated carbocycles. The molecule has 2 aromatic rings. The highest BCUT2D eigenvalue weighted by molar-refractivity contribution is 5.96. The fraction of sp³-hybridized carbons (Fsp3) is 0.348. The van der Waals surface area contributed by atoms with Gasteiger partial charge in [-0.05, 0) is 49.9 Å². The van der Waals surface area contributed by atoms with Crippen LogP contribution in [0.3, 0.4) is 0 Å². The van der Waals surface area contributed by atoms with Crippen LogP contribution in [0.25, 0.3) is 0 Å². The number of urea groups is 1. The molecule has 2 fully saturated rings. The normalized spacial score (nSPS) is 20.2. The third-order valence-electron chi connectivity index (χ3n) is 5.99.